The number of carbonyl (C=O) groups is 1. The van der Waals surface area contributed by atoms with Gasteiger partial charge in [0, 0.05) is 30.1 Å². The average Bonchev–Trinajstić information content (AvgIpc) is 2.89. The van der Waals surface area contributed by atoms with Crippen molar-refractivity contribution < 1.29 is 4.79 Å². The maximum absolute atomic E-state index is 14.0. The molecule has 2 nitrogen and oxygen atoms in total. The summed E-state index contributed by atoms with van der Waals surface area (Å²) in [6, 6.07) is 32.6. The molecule has 0 N–H and O–H groups in total. The lowest BCUT2D eigenvalue weighted by atomic mass is 9.66. The quantitative estimate of drug-likeness (QED) is 0.390. The molecule has 0 radical (unpaired) electrons. The van der Waals surface area contributed by atoms with Gasteiger partial charge >= 0.3 is 0 Å². The summed E-state index contributed by atoms with van der Waals surface area (Å²) >= 11 is 0. The van der Waals surface area contributed by atoms with Gasteiger partial charge in [-0.3, -0.25) is 9.69 Å². The van der Waals surface area contributed by atoms with Crippen molar-refractivity contribution >= 4 is 5.78 Å². The molecule has 170 valence electrons. The molecule has 1 heterocycles. The van der Waals surface area contributed by atoms with Gasteiger partial charge in [0.05, 0.1) is 0 Å². The van der Waals surface area contributed by atoms with Gasteiger partial charge < -0.3 is 0 Å². The maximum Gasteiger partial charge on any atom is 0.167 e. The van der Waals surface area contributed by atoms with Crippen LogP contribution in [0.1, 0.15) is 72.5 Å². The van der Waals surface area contributed by atoms with E-state index in [4.69, 9.17) is 0 Å². The molecule has 0 aromatic heterocycles. The normalized spacial score (nSPS) is 26.7. The molecule has 2 aliphatic rings. The van der Waals surface area contributed by atoms with Crippen LogP contribution in [0.4, 0.5) is 0 Å². The monoisotopic (exact) mass is 437 g/mol. The number of likely N-dealkylation sites (tertiary alicyclic amines) is 1. The Morgan fingerprint density at radius 2 is 1.27 bits per heavy atom. The topological polar surface area (TPSA) is 20.3 Å². The number of ketones is 1. The largest absolute Gasteiger partial charge is 0.294 e. The SMILES string of the molecule is C[C@@H]1[C@H](c2ccccc2)[C@H](C(=O)c2ccccc2)CN(C2CCCCC2)[C@@H]1c1ccccc1. The number of Topliss-reactive ketones (excluding diaryl/α,β-unsaturated/α-hetero) is 1. The highest BCUT2D eigenvalue weighted by Gasteiger charge is 2.47. The highest BCUT2D eigenvalue weighted by Crippen LogP contribution is 2.49. The predicted molar refractivity (Wildman–Crippen MR) is 135 cm³/mol. The molecular formula is C31H35NO. The van der Waals surface area contributed by atoms with Gasteiger partial charge in [-0.25, -0.2) is 0 Å². The molecule has 1 saturated carbocycles. The Bertz CT molecular complexity index is 1030. The second-order valence-corrected chi connectivity index (χ2v) is 9.98. The first-order valence-corrected chi connectivity index (χ1v) is 12.7. The van der Waals surface area contributed by atoms with Crippen molar-refractivity contribution in [3.05, 3.63) is 108 Å². The highest BCUT2D eigenvalue weighted by atomic mass is 16.1. The van der Waals surface area contributed by atoms with Crippen LogP contribution < -0.4 is 0 Å². The summed E-state index contributed by atoms with van der Waals surface area (Å²) in [5.41, 5.74) is 3.53. The predicted octanol–water partition coefficient (Wildman–Crippen LogP) is 7.30. The third-order valence-corrected chi connectivity index (χ3v) is 8.03. The van der Waals surface area contributed by atoms with E-state index in [-0.39, 0.29) is 11.8 Å². The number of hydrogen-bond acceptors (Lipinski definition) is 2. The molecular weight excluding hydrogens is 402 g/mol. The molecule has 0 bridgehead atoms. The Labute approximate surface area is 198 Å². The Balaban J connectivity index is 1.59. The lowest BCUT2D eigenvalue weighted by molar-refractivity contribution is 0.000184. The molecule has 0 amide bonds. The summed E-state index contributed by atoms with van der Waals surface area (Å²) in [4.78, 5) is 16.7. The lowest BCUT2D eigenvalue weighted by Crippen LogP contribution is -2.53. The molecule has 33 heavy (non-hydrogen) atoms. The minimum absolute atomic E-state index is 0.0355. The van der Waals surface area contributed by atoms with E-state index in [1.807, 2.05) is 30.3 Å². The summed E-state index contributed by atoms with van der Waals surface area (Å²) in [6.07, 6.45) is 6.44. The number of benzene rings is 3. The van der Waals surface area contributed by atoms with Crippen molar-refractivity contribution in [2.24, 2.45) is 11.8 Å². The second kappa shape index (κ2) is 10.1. The van der Waals surface area contributed by atoms with Crippen molar-refractivity contribution in [1.29, 1.82) is 0 Å². The van der Waals surface area contributed by atoms with Crippen molar-refractivity contribution in [2.45, 2.75) is 57.0 Å². The number of hydrogen-bond donors (Lipinski definition) is 0. The van der Waals surface area contributed by atoms with Gasteiger partial charge in [0.1, 0.15) is 0 Å². The molecule has 0 spiro atoms. The molecule has 2 heteroatoms. The smallest absolute Gasteiger partial charge is 0.167 e. The summed E-state index contributed by atoms with van der Waals surface area (Å²) in [5, 5.41) is 0. The van der Waals surface area contributed by atoms with E-state index in [2.05, 4.69) is 72.5 Å². The minimum atomic E-state index is -0.0355. The Morgan fingerprint density at radius 3 is 1.88 bits per heavy atom. The van der Waals surface area contributed by atoms with Gasteiger partial charge in [-0.05, 0) is 35.8 Å². The van der Waals surface area contributed by atoms with E-state index in [1.54, 1.807) is 0 Å². The first kappa shape index (κ1) is 22.1. The summed E-state index contributed by atoms with van der Waals surface area (Å²) in [5.74, 6) is 0.794. The summed E-state index contributed by atoms with van der Waals surface area (Å²) in [7, 11) is 0. The van der Waals surface area contributed by atoms with Crippen LogP contribution in [0.5, 0.6) is 0 Å². The third kappa shape index (κ3) is 4.54. The molecule has 3 aromatic carbocycles. The van der Waals surface area contributed by atoms with Crippen LogP contribution in [0, 0.1) is 11.8 Å². The highest BCUT2D eigenvalue weighted by molar-refractivity contribution is 5.98. The van der Waals surface area contributed by atoms with Gasteiger partial charge in [0.2, 0.25) is 0 Å². The standard InChI is InChI=1S/C31H35NO/c1-23-29(24-14-6-2-7-15-24)28(31(33)26-18-10-4-11-19-26)22-32(27-20-12-5-13-21-27)30(23)25-16-8-3-9-17-25/h2-4,6-11,14-19,23,27-30H,5,12-13,20-22H2,1H3/t23-,28-,29-,30+/m1/s1. The Morgan fingerprint density at radius 1 is 0.727 bits per heavy atom. The number of piperidine rings is 1. The van der Waals surface area contributed by atoms with E-state index >= 15 is 0 Å². The molecule has 0 unspecified atom stereocenters. The fourth-order valence-corrected chi connectivity index (χ4v) is 6.53. The Kier molecular flexibility index (Phi) is 6.73. The zero-order valence-electron chi connectivity index (χ0n) is 19.6. The van der Waals surface area contributed by atoms with Gasteiger partial charge in [0.25, 0.3) is 0 Å². The van der Waals surface area contributed by atoms with Crippen LogP contribution in [0.2, 0.25) is 0 Å². The van der Waals surface area contributed by atoms with Crippen LogP contribution in [0.15, 0.2) is 91.0 Å². The van der Waals surface area contributed by atoms with Crippen molar-refractivity contribution in [2.75, 3.05) is 6.54 Å². The van der Waals surface area contributed by atoms with E-state index < -0.39 is 0 Å². The molecule has 1 aliphatic heterocycles. The molecule has 1 aliphatic carbocycles. The molecule has 3 aromatic rings. The van der Waals surface area contributed by atoms with Crippen molar-refractivity contribution in [3.63, 3.8) is 0 Å². The minimum Gasteiger partial charge on any atom is -0.294 e. The first-order valence-electron chi connectivity index (χ1n) is 12.7. The fraction of sp³-hybridized carbons (Fsp3) is 0.387. The van der Waals surface area contributed by atoms with E-state index in [1.165, 1.54) is 43.2 Å². The maximum atomic E-state index is 14.0. The van der Waals surface area contributed by atoms with Crippen LogP contribution >= 0.6 is 0 Å². The van der Waals surface area contributed by atoms with Gasteiger partial charge in [0.15, 0.2) is 5.78 Å². The van der Waals surface area contributed by atoms with E-state index in [9.17, 15) is 4.79 Å². The zero-order valence-corrected chi connectivity index (χ0v) is 19.6. The van der Waals surface area contributed by atoms with Gasteiger partial charge in [-0.15, -0.1) is 0 Å². The summed E-state index contributed by atoms with van der Waals surface area (Å²) < 4.78 is 0. The zero-order chi connectivity index (χ0) is 22.6. The molecule has 1 saturated heterocycles. The third-order valence-electron chi connectivity index (χ3n) is 8.03. The van der Waals surface area contributed by atoms with E-state index in [0.717, 1.165) is 12.1 Å². The van der Waals surface area contributed by atoms with Crippen LogP contribution in [0.3, 0.4) is 0 Å². The van der Waals surface area contributed by atoms with Crippen molar-refractivity contribution in [3.8, 4) is 0 Å². The first-order chi connectivity index (χ1) is 16.2. The van der Waals surface area contributed by atoms with Crippen LogP contribution in [-0.2, 0) is 0 Å². The average molecular weight is 438 g/mol. The van der Waals surface area contributed by atoms with Crippen molar-refractivity contribution in [1.82, 2.24) is 4.90 Å². The Hall–Kier alpha value is -2.71. The number of carbonyl (C=O) groups excluding carboxylic acids is 1. The van der Waals surface area contributed by atoms with Gasteiger partial charge in [-0.1, -0.05) is 117 Å². The number of nitrogens with zero attached hydrogens (tertiary/aromatic N) is 1. The number of rotatable bonds is 5. The lowest BCUT2D eigenvalue weighted by Gasteiger charge is -2.52. The van der Waals surface area contributed by atoms with E-state index in [0.29, 0.717) is 23.8 Å². The van der Waals surface area contributed by atoms with Gasteiger partial charge in [-0.2, -0.15) is 0 Å². The molecule has 4 atom stereocenters. The van der Waals surface area contributed by atoms with Crippen LogP contribution in [-0.4, -0.2) is 23.3 Å². The molecule has 2 fully saturated rings. The van der Waals surface area contributed by atoms with Crippen LogP contribution in [0.25, 0.3) is 0 Å². The summed E-state index contributed by atoms with van der Waals surface area (Å²) in [6.45, 7) is 3.22. The second-order valence-electron chi connectivity index (χ2n) is 9.98. The fourth-order valence-electron chi connectivity index (χ4n) is 6.53. The molecule has 5 rings (SSSR count).